The lowest BCUT2D eigenvalue weighted by Gasteiger charge is -1.95. The maximum Gasteiger partial charge on any atom is 0.210 e. The summed E-state index contributed by atoms with van der Waals surface area (Å²) in [6, 6.07) is 0. The SMILES string of the molecule is CCCNc1nc(-c2ncc[nH]2)ns1. The quantitative estimate of drug-likeness (QED) is 0.805. The number of hydrogen-bond donors (Lipinski definition) is 2. The smallest absolute Gasteiger partial charge is 0.210 e. The van der Waals surface area contributed by atoms with E-state index in [-0.39, 0.29) is 0 Å². The minimum absolute atomic E-state index is 0.651. The van der Waals surface area contributed by atoms with E-state index >= 15 is 0 Å². The summed E-state index contributed by atoms with van der Waals surface area (Å²) in [5.74, 6) is 1.37. The lowest BCUT2D eigenvalue weighted by molar-refractivity contribution is 0.976. The third kappa shape index (κ3) is 1.90. The zero-order valence-corrected chi connectivity index (χ0v) is 8.64. The van der Waals surface area contributed by atoms with Crippen LogP contribution in [0.2, 0.25) is 0 Å². The van der Waals surface area contributed by atoms with Crippen molar-refractivity contribution in [3.8, 4) is 11.6 Å². The molecular formula is C8H11N5S. The number of rotatable bonds is 4. The predicted octanol–water partition coefficient (Wildman–Crippen LogP) is 1.75. The van der Waals surface area contributed by atoms with Crippen LogP contribution in [0.1, 0.15) is 13.3 Å². The molecule has 0 aliphatic rings. The molecule has 2 N–H and O–H groups in total. The van der Waals surface area contributed by atoms with Crippen LogP contribution in [0.3, 0.4) is 0 Å². The fraction of sp³-hybridized carbons (Fsp3) is 0.375. The highest BCUT2D eigenvalue weighted by atomic mass is 32.1. The van der Waals surface area contributed by atoms with Gasteiger partial charge in [0.2, 0.25) is 11.0 Å². The lowest BCUT2D eigenvalue weighted by Crippen LogP contribution is -1.98. The van der Waals surface area contributed by atoms with Gasteiger partial charge >= 0.3 is 0 Å². The summed E-state index contributed by atoms with van der Waals surface area (Å²) in [6.45, 7) is 3.04. The van der Waals surface area contributed by atoms with Crippen LogP contribution in [0.4, 0.5) is 5.13 Å². The number of aromatic amines is 1. The molecule has 0 aromatic carbocycles. The Labute approximate surface area is 85.8 Å². The summed E-state index contributed by atoms with van der Waals surface area (Å²) >= 11 is 1.36. The van der Waals surface area contributed by atoms with Crippen molar-refractivity contribution in [3.05, 3.63) is 12.4 Å². The topological polar surface area (TPSA) is 66.5 Å². The third-order valence-electron chi connectivity index (χ3n) is 1.66. The minimum Gasteiger partial charge on any atom is -0.360 e. The Morgan fingerprint density at radius 2 is 2.50 bits per heavy atom. The lowest BCUT2D eigenvalue weighted by atomic mass is 10.5. The molecule has 2 aromatic rings. The molecule has 2 heterocycles. The molecule has 0 aliphatic carbocycles. The molecule has 0 aliphatic heterocycles. The van der Waals surface area contributed by atoms with Crippen molar-refractivity contribution in [2.24, 2.45) is 0 Å². The van der Waals surface area contributed by atoms with Gasteiger partial charge in [-0.1, -0.05) is 6.92 Å². The van der Waals surface area contributed by atoms with E-state index in [0.717, 1.165) is 18.1 Å². The first-order valence-electron chi connectivity index (χ1n) is 4.47. The zero-order chi connectivity index (χ0) is 9.80. The van der Waals surface area contributed by atoms with Crippen molar-refractivity contribution >= 4 is 16.7 Å². The highest BCUT2D eigenvalue weighted by molar-refractivity contribution is 7.09. The fourth-order valence-corrected chi connectivity index (χ4v) is 1.61. The van der Waals surface area contributed by atoms with Crippen molar-refractivity contribution < 1.29 is 0 Å². The van der Waals surface area contributed by atoms with Gasteiger partial charge in [0.15, 0.2) is 5.82 Å². The summed E-state index contributed by atoms with van der Waals surface area (Å²) in [5.41, 5.74) is 0. The van der Waals surface area contributed by atoms with Crippen LogP contribution in [-0.2, 0) is 0 Å². The van der Waals surface area contributed by atoms with Gasteiger partial charge in [-0.3, -0.25) is 0 Å². The number of H-pyrrole nitrogens is 1. The molecule has 5 nitrogen and oxygen atoms in total. The first-order chi connectivity index (χ1) is 6.90. The minimum atomic E-state index is 0.651. The second kappa shape index (κ2) is 4.19. The van der Waals surface area contributed by atoms with Crippen LogP contribution < -0.4 is 5.32 Å². The molecule has 0 bridgehead atoms. The van der Waals surface area contributed by atoms with Crippen molar-refractivity contribution in [1.82, 2.24) is 19.3 Å². The van der Waals surface area contributed by atoms with Crippen LogP contribution in [-0.4, -0.2) is 25.9 Å². The van der Waals surface area contributed by atoms with Gasteiger partial charge in [0.25, 0.3) is 0 Å². The molecule has 74 valence electrons. The van der Waals surface area contributed by atoms with Crippen LogP contribution in [0, 0.1) is 0 Å². The third-order valence-corrected chi connectivity index (χ3v) is 2.34. The molecule has 0 unspecified atom stereocenters. The summed E-state index contributed by atoms with van der Waals surface area (Å²) in [4.78, 5) is 11.3. The maximum absolute atomic E-state index is 4.29. The average Bonchev–Trinajstić information content (AvgIpc) is 2.85. The summed E-state index contributed by atoms with van der Waals surface area (Å²) in [5, 5.41) is 4.03. The molecule has 0 radical (unpaired) electrons. The van der Waals surface area contributed by atoms with Gasteiger partial charge in [0.1, 0.15) is 0 Å². The Morgan fingerprint density at radius 1 is 1.57 bits per heavy atom. The van der Waals surface area contributed by atoms with E-state index in [2.05, 4.69) is 31.6 Å². The van der Waals surface area contributed by atoms with Crippen LogP contribution in [0.15, 0.2) is 12.4 Å². The number of imidazole rings is 1. The van der Waals surface area contributed by atoms with Gasteiger partial charge in [-0.15, -0.1) is 0 Å². The molecule has 6 heteroatoms. The standard InChI is InChI=1S/C8H11N5S/c1-2-3-11-8-12-7(13-14-8)6-9-4-5-10-6/h4-5H,2-3H2,1H3,(H,9,10)(H,11,12,13). The van der Waals surface area contributed by atoms with E-state index in [1.54, 1.807) is 12.4 Å². The van der Waals surface area contributed by atoms with E-state index in [9.17, 15) is 0 Å². The van der Waals surface area contributed by atoms with Gasteiger partial charge in [-0.2, -0.15) is 9.36 Å². The zero-order valence-electron chi connectivity index (χ0n) is 7.82. The van der Waals surface area contributed by atoms with Crippen LogP contribution >= 0.6 is 11.5 Å². The van der Waals surface area contributed by atoms with E-state index in [1.165, 1.54) is 11.5 Å². The summed E-state index contributed by atoms with van der Waals surface area (Å²) < 4.78 is 4.19. The molecule has 0 atom stereocenters. The molecule has 0 amide bonds. The highest BCUT2D eigenvalue weighted by Crippen LogP contribution is 2.17. The van der Waals surface area contributed by atoms with E-state index < -0.39 is 0 Å². The molecular weight excluding hydrogens is 198 g/mol. The monoisotopic (exact) mass is 209 g/mol. The van der Waals surface area contributed by atoms with Crippen LogP contribution in [0.5, 0.6) is 0 Å². The first-order valence-corrected chi connectivity index (χ1v) is 5.25. The molecule has 2 aromatic heterocycles. The predicted molar refractivity (Wildman–Crippen MR) is 56.3 cm³/mol. The number of nitrogens with one attached hydrogen (secondary N) is 2. The summed E-state index contributed by atoms with van der Waals surface area (Å²) in [7, 11) is 0. The average molecular weight is 209 g/mol. The second-order valence-corrected chi connectivity index (χ2v) is 3.54. The normalized spacial score (nSPS) is 10.4. The largest absolute Gasteiger partial charge is 0.360 e. The molecule has 0 spiro atoms. The van der Waals surface area contributed by atoms with Gasteiger partial charge in [-0.05, 0) is 6.42 Å². The second-order valence-electron chi connectivity index (χ2n) is 2.79. The van der Waals surface area contributed by atoms with Gasteiger partial charge < -0.3 is 10.3 Å². The van der Waals surface area contributed by atoms with E-state index in [0.29, 0.717) is 11.6 Å². The highest BCUT2D eigenvalue weighted by Gasteiger charge is 2.06. The Kier molecular flexibility index (Phi) is 2.73. The van der Waals surface area contributed by atoms with E-state index in [1.807, 2.05) is 0 Å². The maximum atomic E-state index is 4.29. The van der Waals surface area contributed by atoms with Crippen molar-refractivity contribution in [2.75, 3.05) is 11.9 Å². The molecule has 0 saturated carbocycles. The number of nitrogens with zero attached hydrogens (tertiary/aromatic N) is 3. The van der Waals surface area contributed by atoms with Crippen molar-refractivity contribution in [2.45, 2.75) is 13.3 Å². The van der Waals surface area contributed by atoms with Gasteiger partial charge in [-0.25, -0.2) is 4.98 Å². The number of anilines is 1. The Hall–Kier alpha value is -1.43. The Morgan fingerprint density at radius 3 is 3.21 bits per heavy atom. The Balaban J connectivity index is 2.10. The number of aromatic nitrogens is 4. The van der Waals surface area contributed by atoms with Crippen LogP contribution in [0.25, 0.3) is 11.6 Å². The van der Waals surface area contributed by atoms with Gasteiger partial charge in [0, 0.05) is 30.5 Å². The van der Waals surface area contributed by atoms with E-state index in [4.69, 9.17) is 0 Å². The molecule has 2 rings (SSSR count). The van der Waals surface area contributed by atoms with Crippen molar-refractivity contribution in [1.29, 1.82) is 0 Å². The first kappa shape index (κ1) is 9.14. The molecule has 0 saturated heterocycles. The molecule has 0 fully saturated rings. The molecule has 14 heavy (non-hydrogen) atoms. The van der Waals surface area contributed by atoms with Gasteiger partial charge in [0.05, 0.1) is 0 Å². The number of hydrogen-bond acceptors (Lipinski definition) is 5. The summed E-state index contributed by atoms with van der Waals surface area (Å²) in [6.07, 6.45) is 4.53. The Bertz CT molecular complexity index is 380. The fourth-order valence-electron chi connectivity index (χ4n) is 1.01. The van der Waals surface area contributed by atoms with Crippen molar-refractivity contribution in [3.63, 3.8) is 0 Å².